The Balaban J connectivity index is 1.97. The molecular weight excluding hydrogens is 448 g/mol. The second-order valence-electron chi connectivity index (χ2n) is 5.28. The van der Waals surface area contributed by atoms with Gasteiger partial charge in [0.05, 0.1) is 12.2 Å². The van der Waals surface area contributed by atoms with Gasteiger partial charge >= 0.3 is 0 Å². The van der Waals surface area contributed by atoms with E-state index in [-0.39, 0.29) is 24.1 Å². The zero-order chi connectivity index (χ0) is 20.9. The number of amidine groups is 1. The third kappa shape index (κ3) is 5.40. The van der Waals surface area contributed by atoms with E-state index in [4.69, 9.17) is 11.5 Å². The topological polar surface area (TPSA) is 194 Å². The van der Waals surface area contributed by atoms with Crippen molar-refractivity contribution in [3.05, 3.63) is 11.1 Å². The van der Waals surface area contributed by atoms with Crippen LogP contribution in [0.4, 0.5) is 5.13 Å². The molecule has 1 aromatic heterocycles. The lowest BCUT2D eigenvalue weighted by atomic mass is 10.4. The first-order valence-corrected chi connectivity index (χ1v) is 12.8. The van der Waals surface area contributed by atoms with Crippen LogP contribution in [-0.4, -0.2) is 70.3 Å². The standard InChI is InChI=1S/C12H20N8O4S4/c1-15-8-9(20-28(23,24)10(8)27(21,22)16-2)17-3-4-25-5-7-6-26-12(18-7)19-11(13)14/h6,10,16H,3-5H2,1-2H3,(H,17,20)(H4,13,14,18,19). The van der Waals surface area contributed by atoms with E-state index in [1.807, 2.05) is 10.1 Å². The van der Waals surface area contributed by atoms with E-state index >= 15 is 0 Å². The highest BCUT2D eigenvalue weighted by atomic mass is 32.3. The Bertz CT molecular complexity index is 1010. The van der Waals surface area contributed by atoms with Crippen LogP contribution in [0, 0.1) is 0 Å². The van der Waals surface area contributed by atoms with E-state index in [0.29, 0.717) is 16.6 Å². The number of nitrogens with two attached hydrogens (primary N) is 2. The molecule has 0 spiro atoms. The van der Waals surface area contributed by atoms with Gasteiger partial charge in [0.25, 0.3) is 10.0 Å². The highest BCUT2D eigenvalue weighted by molar-refractivity contribution is 8.09. The van der Waals surface area contributed by atoms with E-state index in [9.17, 15) is 16.8 Å². The van der Waals surface area contributed by atoms with Crippen molar-refractivity contribution in [2.75, 3.05) is 26.4 Å². The summed E-state index contributed by atoms with van der Waals surface area (Å²) < 4.78 is 50.8. The van der Waals surface area contributed by atoms with Crippen LogP contribution in [-0.2, 0) is 25.8 Å². The van der Waals surface area contributed by atoms with E-state index in [1.54, 1.807) is 0 Å². The summed E-state index contributed by atoms with van der Waals surface area (Å²) in [5, 5.41) is 2.30. The summed E-state index contributed by atoms with van der Waals surface area (Å²) in [5.41, 5.74) is 11.3. The third-order valence-corrected chi connectivity index (χ3v) is 9.21. The molecule has 0 bridgehead atoms. The molecule has 0 amide bonds. The number of sulfonamides is 2. The van der Waals surface area contributed by atoms with Crippen molar-refractivity contribution in [1.82, 2.24) is 14.4 Å². The minimum Gasteiger partial charge on any atom is -0.370 e. The predicted octanol–water partition coefficient (Wildman–Crippen LogP) is -1.44. The van der Waals surface area contributed by atoms with Crippen LogP contribution >= 0.6 is 23.1 Å². The van der Waals surface area contributed by atoms with Gasteiger partial charge in [-0.15, -0.1) is 11.3 Å². The minimum atomic E-state index is -4.17. The second-order valence-corrected chi connectivity index (χ2v) is 11.3. The van der Waals surface area contributed by atoms with Crippen LogP contribution < -0.4 is 20.9 Å². The Morgan fingerprint density at radius 1 is 1.46 bits per heavy atom. The van der Waals surface area contributed by atoms with Crippen LogP contribution in [0.1, 0.15) is 5.69 Å². The molecule has 0 saturated carbocycles. The summed E-state index contributed by atoms with van der Waals surface area (Å²) in [6.07, 6.45) is 0. The summed E-state index contributed by atoms with van der Waals surface area (Å²) >= 11 is 2.83. The van der Waals surface area contributed by atoms with Crippen molar-refractivity contribution < 1.29 is 16.8 Å². The minimum absolute atomic E-state index is 0.0596. The SMILES string of the molecule is CN=C1C(=NCCSCc2csc(N=C(N)N)n2)NS(=O)(=O)C1S(=O)(=O)NC. The second kappa shape index (κ2) is 9.17. The van der Waals surface area contributed by atoms with Gasteiger partial charge in [0.15, 0.2) is 11.8 Å². The summed E-state index contributed by atoms with van der Waals surface area (Å²) in [6.45, 7) is 0.263. The lowest BCUT2D eigenvalue weighted by molar-refractivity contribution is 0.579. The van der Waals surface area contributed by atoms with Gasteiger partial charge in [0.1, 0.15) is 5.71 Å². The van der Waals surface area contributed by atoms with Gasteiger partial charge in [0.2, 0.25) is 19.7 Å². The van der Waals surface area contributed by atoms with Gasteiger partial charge in [-0.05, 0) is 7.05 Å². The number of thiazole rings is 1. The lowest BCUT2D eigenvalue weighted by Gasteiger charge is -2.08. The van der Waals surface area contributed by atoms with Gasteiger partial charge < -0.3 is 11.5 Å². The maximum absolute atomic E-state index is 12.2. The molecule has 1 aliphatic rings. The number of aromatic nitrogens is 1. The van der Waals surface area contributed by atoms with Crippen LogP contribution in [0.2, 0.25) is 0 Å². The number of rotatable bonds is 8. The smallest absolute Gasteiger partial charge is 0.258 e. The summed E-state index contributed by atoms with van der Waals surface area (Å²) in [6, 6.07) is 0. The van der Waals surface area contributed by atoms with Gasteiger partial charge in [0, 0.05) is 23.9 Å². The molecule has 0 aliphatic carbocycles. The van der Waals surface area contributed by atoms with Crippen molar-refractivity contribution in [3.8, 4) is 0 Å². The van der Waals surface area contributed by atoms with Crippen LogP contribution in [0.3, 0.4) is 0 Å². The Kier molecular flexibility index (Phi) is 7.38. The summed E-state index contributed by atoms with van der Waals surface area (Å²) in [4.78, 5) is 16.1. The Hall–Kier alpha value is -1.75. The maximum atomic E-state index is 12.2. The number of nitrogens with zero attached hydrogens (tertiary/aromatic N) is 4. The van der Waals surface area contributed by atoms with E-state index < -0.39 is 24.6 Å². The zero-order valence-electron chi connectivity index (χ0n) is 15.0. The van der Waals surface area contributed by atoms with Crippen LogP contribution in [0.15, 0.2) is 20.4 Å². The number of thioether (sulfide) groups is 1. The number of nitrogens with one attached hydrogen (secondary N) is 2. The molecule has 156 valence electrons. The van der Waals surface area contributed by atoms with Crippen molar-refractivity contribution >= 4 is 65.8 Å². The molecular formula is C12H20N8O4S4. The average Bonchev–Trinajstić information content (AvgIpc) is 3.14. The first-order chi connectivity index (χ1) is 13.1. The predicted molar refractivity (Wildman–Crippen MR) is 113 cm³/mol. The quantitative estimate of drug-likeness (QED) is 0.202. The van der Waals surface area contributed by atoms with Crippen molar-refractivity contribution in [1.29, 1.82) is 0 Å². The molecule has 0 aromatic carbocycles. The number of aliphatic imine (C=N–C) groups is 3. The van der Waals surface area contributed by atoms with Gasteiger partial charge in [-0.3, -0.25) is 14.7 Å². The fraction of sp³-hybridized carbons (Fsp3) is 0.500. The lowest BCUT2D eigenvalue weighted by Crippen LogP contribution is -2.40. The van der Waals surface area contributed by atoms with Crippen LogP contribution in [0.25, 0.3) is 0 Å². The number of guanidine groups is 1. The monoisotopic (exact) mass is 468 g/mol. The van der Waals surface area contributed by atoms with Crippen molar-refractivity contribution in [2.24, 2.45) is 26.4 Å². The first kappa shape index (κ1) is 22.5. The molecule has 2 heterocycles. The highest BCUT2D eigenvalue weighted by Gasteiger charge is 2.49. The van der Waals surface area contributed by atoms with E-state index in [2.05, 4.69) is 24.7 Å². The van der Waals surface area contributed by atoms with Gasteiger partial charge in [-0.1, -0.05) is 0 Å². The molecule has 6 N–H and O–H groups in total. The molecule has 12 nitrogen and oxygen atoms in total. The highest BCUT2D eigenvalue weighted by Crippen LogP contribution is 2.22. The summed E-state index contributed by atoms with van der Waals surface area (Å²) in [5.74, 6) is 1.03. The normalized spacial score (nSPS) is 21.7. The van der Waals surface area contributed by atoms with E-state index in [1.165, 1.54) is 30.1 Å². The van der Waals surface area contributed by atoms with Crippen LogP contribution in [0.5, 0.6) is 0 Å². The number of hydrogen-bond donors (Lipinski definition) is 4. The molecule has 1 unspecified atom stereocenters. The molecule has 16 heteroatoms. The number of hydrogen-bond acceptors (Lipinski definition) is 10. The maximum Gasteiger partial charge on any atom is 0.258 e. The molecule has 28 heavy (non-hydrogen) atoms. The average molecular weight is 469 g/mol. The fourth-order valence-corrected chi connectivity index (χ4v) is 7.25. The van der Waals surface area contributed by atoms with Gasteiger partial charge in [-0.2, -0.15) is 16.8 Å². The first-order valence-electron chi connectivity index (χ1n) is 7.68. The largest absolute Gasteiger partial charge is 0.370 e. The summed E-state index contributed by atoms with van der Waals surface area (Å²) in [7, 11) is -5.84. The molecule has 1 aliphatic heterocycles. The van der Waals surface area contributed by atoms with E-state index in [0.717, 1.165) is 12.7 Å². The zero-order valence-corrected chi connectivity index (χ0v) is 18.3. The fourth-order valence-electron chi connectivity index (χ4n) is 2.17. The molecule has 0 radical (unpaired) electrons. The van der Waals surface area contributed by atoms with Crippen molar-refractivity contribution in [2.45, 2.75) is 10.3 Å². The molecule has 1 saturated heterocycles. The molecule has 1 fully saturated rings. The Morgan fingerprint density at radius 3 is 2.79 bits per heavy atom. The molecule has 1 aromatic rings. The molecule has 2 rings (SSSR count). The third-order valence-electron chi connectivity index (χ3n) is 3.31. The Morgan fingerprint density at radius 2 is 2.18 bits per heavy atom. The van der Waals surface area contributed by atoms with Gasteiger partial charge in [-0.25, -0.2) is 26.5 Å². The molecule has 1 atom stereocenters. The van der Waals surface area contributed by atoms with Crippen molar-refractivity contribution in [3.63, 3.8) is 0 Å². The Labute approximate surface area is 171 Å².